The van der Waals surface area contributed by atoms with E-state index in [9.17, 15) is 9.59 Å². The normalized spacial score (nSPS) is 15.5. The zero-order valence-electron chi connectivity index (χ0n) is 20.2. The van der Waals surface area contributed by atoms with E-state index in [1.165, 1.54) is 23.1 Å². The lowest BCUT2D eigenvalue weighted by molar-refractivity contribution is -0.113. The number of thioether (sulfide) groups is 1. The molecule has 0 spiro atoms. The molecule has 1 amide bonds. The fourth-order valence-corrected chi connectivity index (χ4v) is 5.70. The predicted molar refractivity (Wildman–Crippen MR) is 138 cm³/mol. The molecule has 10 heteroatoms. The number of thiophene rings is 1. The van der Waals surface area contributed by atoms with Crippen molar-refractivity contribution in [1.29, 1.82) is 0 Å². The monoisotopic (exact) mass is 514 g/mol. The Hall–Kier alpha value is -2.69. The number of benzene rings is 1. The van der Waals surface area contributed by atoms with Gasteiger partial charge >= 0.3 is 5.97 Å². The average Bonchev–Trinajstić information content (AvgIpc) is 3.59. The van der Waals surface area contributed by atoms with Crippen molar-refractivity contribution in [3.63, 3.8) is 0 Å². The van der Waals surface area contributed by atoms with Gasteiger partial charge in [0.2, 0.25) is 5.91 Å². The van der Waals surface area contributed by atoms with Crippen LogP contribution in [0, 0.1) is 0 Å². The minimum atomic E-state index is -0.451. The van der Waals surface area contributed by atoms with E-state index >= 15 is 0 Å². The summed E-state index contributed by atoms with van der Waals surface area (Å²) in [6, 6.07) is 9.60. The van der Waals surface area contributed by atoms with Gasteiger partial charge in [0.25, 0.3) is 0 Å². The van der Waals surface area contributed by atoms with Crippen molar-refractivity contribution in [2.45, 2.75) is 57.3 Å². The number of carbonyl (C=O) groups is 2. The third-order valence-corrected chi connectivity index (χ3v) is 7.47. The number of hydrogen-bond acceptors (Lipinski definition) is 8. The SMILES string of the molecule is CCOC(=O)c1c(-c2ccccc2)csc1NC(=O)CSc1nnc(C(C)C)n1CC1CCCO1. The highest BCUT2D eigenvalue weighted by Gasteiger charge is 2.25. The number of nitrogens with zero attached hydrogens (tertiary/aromatic N) is 3. The Labute approximate surface area is 213 Å². The van der Waals surface area contributed by atoms with E-state index in [1.807, 2.05) is 35.7 Å². The Morgan fingerprint density at radius 1 is 1.29 bits per heavy atom. The molecule has 1 saturated heterocycles. The van der Waals surface area contributed by atoms with Crippen molar-refractivity contribution >= 4 is 40.0 Å². The number of rotatable bonds is 10. The molecule has 35 heavy (non-hydrogen) atoms. The number of esters is 1. The molecule has 1 unspecified atom stereocenters. The molecule has 2 aromatic heterocycles. The summed E-state index contributed by atoms with van der Waals surface area (Å²) in [6.07, 6.45) is 2.22. The van der Waals surface area contributed by atoms with E-state index in [0.717, 1.165) is 36.4 Å². The van der Waals surface area contributed by atoms with E-state index in [4.69, 9.17) is 9.47 Å². The molecular formula is C25H30N4O4S2. The van der Waals surface area contributed by atoms with E-state index in [1.54, 1.807) is 6.92 Å². The predicted octanol–water partition coefficient (Wildman–Crippen LogP) is 5.22. The third kappa shape index (κ3) is 6.12. The van der Waals surface area contributed by atoms with Gasteiger partial charge in [-0.3, -0.25) is 4.79 Å². The zero-order valence-corrected chi connectivity index (χ0v) is 21.8. The van der Waals surface area contributed by atoms with Gasteiger partial charge in [0.15, 0.2) is 5.16 Å². The van der Waals surface area contributed by atoms with E-state index in [2.05, 4.69) is 33.9 Å². The van der Waals surface area contributed by atoms with Crippen molar-refractivity contribution < 1.29 is 19.1 Å². The molecular weight excluding hydrogens is 484 g/mol. The molecule has 0 saturated carbocycles. The largest absolute Gasteiger partial charge is 0.462 e. The maximum Gasteiger partial charge on any atom is 0.341 e. The van der Waals surface area contributed by atoms with Gasteiger partial charge in [-0.25, -0.2) is 4.79 Å². The van der Waals surface area contributed by atoms with Gasteiger partial charge < -0.3 is 19.4 Å². The molecule has 1 aliphatic heterocycles. The quantitative estimate of drug-likeness (QED) is 0.293. The number of hydrogen-bond donors (Lipinski definition) is 1. The Bertz CT molecular complexity index is 1150. The van der Waals surface area contributed by atoms with Crippen LogP contribution in [0.2, 0.25) is 0 Å². The topological polar surface area (TPSA) is 95.3 Å². The molecule has 3 aromatic rings. The van der Waals surface area contributed by atoms with Gasteiger partial charge in [0.1, 0.15) is 16.4 Å². The minimum Gasteiger partial charge on any atom is -0.462 e. The highest BCUT2D eigenvalue weighted by Crippen LogP contribution is 2.36. The lowest BCUT2D eigenvalue weighted by Gasteiger charge is -2.16. The minimum absolute atomic E-state index is 0.141. The fraction of sp³-hybridized carbons (Fsp3) is 0.440. The summed E-state index contributed by atoms with van der Waals surface area (Å²) in [4.78, 5) is 25.7. The van der Waals surface area contributed by atoms with E-state index < -0.39 is 5.97 Å². The molecule has 0 aliphatic carbocycles. The van der Waals surface area contributed by atoms with Crippen LogP contribution >= 0.6 is 23.1 Å². The van der Waals surface area contributed by atoms with Gasteiger partial charge in [-0.2, -0.15) is 0 Å². The van der Waals surface area contributed by atoms with Crippen LogP contribution in [0.3, 0.4) is 0 Å². The maximum absolute atomic E-state index is 12.9. The van der Waals surface area contributed by atoms with Crippen molar-refractivity contribution in [2.75, 3.05) is 24.3 Å². The lowest BCUT2D eigenvalue weighted by atomic mass is 10.0. The Morgan fingerprint density at radius 2 is 2.09 bits per heavy atom. The smallest absolute Gasteiger partial charge is 0.341 e. The number of anilines is 1. The summed E-state index contributed by atoms with van der Waals surface area (Å²) in [5.74, 6) is 0.566. The van der Waals surface area contributed by atoms with Crippen LogP contribution in [-0.4, -0.2) is 51.7 Å². The van der Waals surface area contributed by atoms with Crippen LogP contribution in [0.15, 0.2) is 40.9 Å². The first-order valence-corrected chi connectivity index (χ1v) is 13.7. The fourth-order valence-electron chi connectivity index (χ4n) is 3.98. The zero-order chi connectivity index (χ0) is 24.8. The average molecular weight is 515 g/mol. The van der Waals surface area contributed by atoms with E-state index in [0.29, 0.717) is 22.3 Å². The molecule has 0 bridgehead atoms. The molecule has 1 atom stereocenters. The second-order valence-corrected chi connectivity index (χ2v) is 10.3. The molecule has 1 aromatic carbocycles. The summed E-state index contributed by atoms with van der Waals surface area (Å²) in [5, 5.41) is 14.7. The molecule has 1 fully saturated rings. The lowest BCUT2D eigenvalue weighted by Crippen LogP contribution is -2.19. The van der Waals surface area contributed by atoms with Crippen LogP contribution in [-0.2, 0) is 20.8 Å². The number of ether oxygens (including phenoxy) is 2. The van der Waals surface area contributed by atoms with Gasteiger partial charge in [0, 0.05) is 23.5 Å². The number of carbonyl (C=O) groups excluding carboxylic acids is 2. The third-order valence-electron chi connectivity index (χ3n) is 5.61. The Morgan fingerprint density at radius 3 is 2.77 bits per heavy atom. The van der Waals surface area contributed by atoms with Crippen molar-refractivity contribution in [1.82, 2.24) is 14.8 Å². The molecule has 8 nitrogen and oxygen atoms in total. The standard InChI is InChI=1S/C25H30N4O4S2/c1-4-32-24(31)21-19(17-9-6-5-7-10-17)14-34-23(21)26-20(30)15-35-25-28-27-22(16(2)3)29(25)13-18-11-8-12-33-18/h5-7,9-10,14,16,18H,4,8,11-13,15H2,1-3H3,(H,26,30). The molecule has 1 N–H and O–H groups in total. The second-order valence-electron chi connectivity index (χ2n) is 8.52. The van der Waals surface area contributed by atoms with Crippen LogP contribution in [0.4, 0.5) is 5.00 Å². The number of nitrogens with one attached hydrogen (secondary N) is 1. The highest BCUT2D eigenvalue weighted by atomic mass is 32.2. The Balaban J connectivity index is 1.48. The molecule has 0 radical (unpaired) electrons. The molecule has 186 valence electrons. The van der Waals surface area contributed by atoms with E-state index in [-0.39, 0.29) is 30.3 Å². The maximum atomic E-state index is 12.9. The van der Waals surface area contributed by atoms with Crippen molar-refractivity contribution in [3.8, 4) is 11.1 Å². The summed E-state index contributed by atoms with van der Waals surface area (Å²) in [6.45, 7) is 7.64. The number of amides is 1. The first-order valence-electron chi connectivity index (χ1n) is 11.8. The van der Waals surface area contributed by atoms with Crippen LogP contribution in [0.5, 0.6) is 0 Å². The summed E-state index contributed by atoms with van der Waals surface area (Å²) < 4.78 is 13.2. The van der Waals surface area contributed by atoms with Crippen LogP contribution < -0.4 is 5.32 Å². The van der Waals surface area contributed by atoms with Gasteiger partial charge in [-0.05, 0) is 25.3 Å². The summed E-state index contributed by atoms with van der Waals surface area (Å²) in [7, 11) is 0. The van der Waals surface area contributed by atoms with Gasteiger partial charge in [-0.15, -0.1) is 21.5 Å². The second kappa shape index (κ2) is 11.8. The van der Waals surface area contributed by atoms with Crippen molar-refractivity contribution in [2.24, 2.45) is 0 Å². The Kier molecular flexibility index (Phi) is 8.59. The van der Waals surface area contributed by atoms with Crippen molar-refractivity contribution in [3.05, 3.63) is 47.1 Å². The van der Waals surface area contributed by atoms with Crippen LogP contribution in [0.1, 0.15) is 55.7 Å². The first kappa shape index (κ1) is 25.4. The van der Waals surface area contributed by atoms with Crippen LogP contribution in [0.25, 0.3) is 11.1 Å². The number of aromatic nitrogens is 3. The molecule has 3 heterocycles. The summed E-state index contributed by atoms with van der Waals surface area (Å²) in [5.41, 5.74) is 2.02. The highest BCUT2D eigenvalue weighted by molar-refractivity contribution is 7.99. The molecule has 4 rings (SSSR count). The van der Waals surface area contributed by atoms with Gasteiger partial charge in [-0.1, -0.05) is 55.9 Å². The molecule has 1 aliphatic rings. The summed E-state index contributed by atoms with van der Waals surface area (Å²) >= 11 is 2.65. The first-order chi connectivity index (χ1) is 17.0. The van der Waals surface area contributed by atoms with Gasteiger partial charge in [0.05, 0.1) is 25.0 Å².